The van der Waals surface area contributed by atoms with Gasteiger partial charge >= 0.3 is 6.03 Å². The van der Waals surface area contributed by atoms with E-state index in [0.717, 1.165) is 23.7 Å². The molecule has 7 heteroatoms. The quantitative estimate of drug-likeness (QED) is 0.750. The molecule has 4 rings (SSSR count). The number of hydrogen-bond acceptors (Lipinski definition) is 3. The summed E-state index contributed by atoms with van der Waals surface area (Å²) in [5, 5.41) is 10.2. The Labute approximate surface area is 146 Å². The molecule has 7 nitrogen and oxygen atoms in total. The summed E-state index contributed by atoms with van der Waals surface area (Å²) < 4.78 is 3.88. The second kappa shape index (κ2) is 6.58. The molecule has 0 saturated heterocycles. The van der Waals surface area contributed by atoms with Crippen molar-refractivity contribution in [2.24, 2.45) is 5.92 Å². The maximum absolute atomic E-state index is 12.2. The standard InChI is InChI=1S/C18H22N6O/c1-13(15-10-20-24(12-15)11-14-3-2-4-14)21-18(25)22-16-5-7-23-8-6-19-17(23)9-16/h5-10,12-14H,2-4,11H2,1H3,(H2,21,22,25). The first kappa shape index (κ1) is 15.7. The lowest BCUT2D eigenvalue weighted by Gasteiger charge is -2.24. The number of fused-ring (bicyclic) bond motifs is 1. The number of anilines is 1. The van der Waals surface area contributed by atoms with Crippen LogP contribution in [0.3, 0.4) is 0 Å². The monoisotopic (exact) mass is 338 g/mol. The zero-order valence-electron chi connectivity index (χ0n) is 14.2. The molecule has 1 unspecified atom stereocenters. The highest BCUT2D eigenvalue weighted by molar-refractivity contribution is 5.90. The summed E-state index contributed by atoms with van der Waals surface area (Å²) in [6.45, 7) is 2.94. The van der Waals surface area contributed by atoms with E-state index in [1.165, 1.54) is 19.3 Å². The molecule has 1 aliphatic rings. The highest BCUT2D eigenvalue weighted by Crippen LogP contribution is 2.27. The topological polar surface area (TPSA) is 76.2 Å². The number of urea groups is 1. The van der Waals surface area contributed by atoms with E-state index in [0.29, 0.717) is 5.69 Å². The van der Waals surface area contributed by atoms with Crippen molar-refractivity contribution in [2.75, 3.05) is 5.32 Å². The maximum Gasteiger partial charge on any atom is 0.319 e. The summed E-state index contributed by atoms with van der Waals surface area (Å²) in [6, 6.07) is 3.33. The molecule has 3 aromatic rings. The van der Waals surface area contributed by atoms with Gasteiger partial charge in [-0.25, -0.2) is 9.78 Å². The van der Waals surface area contributed by atoms with Gasteiger partial charge in [0.1, 0.15) is 5.65 Å². The Morgan fingerprint density at radius 1 is 1.40 bits per heavy atom. The summed E-state index contributed by atoms with van der Waals surface area (Å²) in [5.41, 5.74) is 2.52. The van der Waals surface area contributed by atoms with E-state index < -0.39 is 0 Å². The Morgan fingerprint density at radius 2 is 2.28 bits per heavy atom. The SMILES string of the molecule is CC(NC(=O)Nc1ccn2ccnc2c1)c1cnn(CC2CCC2)c1. The van der Waals surface area contributed by atoms with Crippen LogP contribution in [0, 0.1) is 5.92 Å². The zero-order valence-corrected chi connectivity index (χ0v) is 14.2. The summed E-state index contributed by atoms with van der Waals surface area (Å²) in [6.07, 6.45) is 13.2. The highest BCUT2D eigenvalue weighted by atomic mass is 16.2. The molecule has 0 aliphatic heterocycles. The molecule has 1 saturated carbocycles. The van der Waals surface area contributed by atoms with Gasteiger partial charge in [-0.1, -0.05) is 6.42 Å². The predicted molar refractivity (Wildman–Crippen MR) is 95.3 cm³/mol. The summed E-state index contributed by atoms with van der Waals surface area (Å²) in [7, 11) is 0. The van der Waals surface area contributed by atoms with Crippen molar-refractivity contribution in [3.63, 3.8) is 0 Å². The van der Waals surface area contributed by atoms with E-state index in [-0.39, 0.29) is 12.1 Å². The number of pyridine rings is 1. The molecule has 0 bridgehead atoms. The van der Waals surface area contributed by atoms with Crippen LogP contribution >= 0.6 is 0 Å². The molecule has 3 aromatic heterocycles. The van der Waals surface area contributed by atoms with E-state index >= 15 is 0 Å². The van der Waals surface area contributed by atoms with Gasteiger partial charge in [-0.05, 0) is 31.7 Å². The number of nitrogens with one attached hydrogen (secondary N) is 2. The molecular formula is C18H22N6O. The fraction of sp³-hybridized carbons (Fsp3) is 0.389. The van der Waals surface area contributed by atoms with Crippen LogP contribution in [0.4, 0.5) is 10.5 Å². The van der Waals surface area contributed by atoms with Crippen LogP contribution in [0.2, 0.25) is 0 Å². The van der Waals surface area contributed by atoms with Gasteiger partial charge in [0.25, 0.3) is 0 Å². The first-order valence-electron chi connectivity index (χ1n) is 8.70. The molecule has 0 aromatic carbocycles. The summed E-state index contributed by atoms with van der Waals surface area (Å²) in [4.78, 5) is 16.4. The lowest BCUT2D eigenvalue weighted by atomic mass is 9.85. The van der Waals surface area contributed by atoms with Gasteiger partial charge in [-0.15, -0.1) is 0 Å². The third kappa shape index (κ3) is 3.50. The largest absolute Gasteiger partial charge is 0.331 e. The van der Waals surface area contributed by atoms with E-state index in [1.54, 1.807) is 6.20 Å². The van der Waals surface area contributed by atoms with Crippen molar-refractivity contribution >= 4 is 17.4 Å². The van der Waals surface area contributed by atoms with Gasteiger partial charge in [-0.2, -0.15) is 5.10 Å². The summed E-state index contributed by atoms with van der Waals surface area (Å²) in [5.74, 6) is 0.761. The molecule has 0 spiro atoms. The highest BCUT2D eigenvalue weighted by Gasteiger charge is 2.19. The average Bonchev–Trinajstić information content (AvgIpc) is 3.19. The minimum Gasteiger partial charge on any atom is -0.331 e. The van der Waals surface area contributed by atoms with Crippen molar-refractivity contribution in [1.82, 2.24) is 24.5 Å². The Bertz CT molecular complexity index is 878. The molecular weight excluding hydrogens is 316 g/mol. The van der Waals surface area contributed by atoms with Crippen LogP contribution in [-0.4, -0.2) is 25.2 Å². The minimum absolute atomic E-state index is 0.106. The predicted octanol–water partition coefficient (Wildman–Crippen LogP) is 3.21. The number of amides is 2. The molecule has 3 heterocycles. The van der Waals surface area contributed by atoms with Gasteiger partial charge in [0, 0.05) is 48.6 Å². The van der Waals surface area contributed by atoms with Crippen molar-refractivity contribution in [3.05, 3.63) is 48.7 Å². The lowest BCUT2D eigenvalue weighted by Crippen LogP contribution is -2.31. The molecule has 130 valence electrons. The van der Waals surface area contributed by atoms with Crippen LogP contribution in [0.1, 0.15) is 37.8 Å². The van der Waals surface area contributed by atoms with Gasteiger partial charge in [0.15, 0.2) is 0 Å². The Balaban J connectivity index is 1.34. The van der Waals surface area contributed by atoms with Crippen LogP contribution in [-0.2, 0) is 6.54 Å². The molecule has 2 amide bonds. The number of hydrogen-bond donors (Lipinski definition) is 2. The number of carbonyl (C=O) groups excluding carboxylic acids is 1. The Kier molecular flexibility index (Phi) is 4.13. The fourth-order valence-electron chi connectivity index (χ4n) is 3.08. The Hall–Kier alpha value is -2.83. The van der Waals surface area contributed by atoms with Gasteiger partial charge in [0.2, 0.25) is 0 Å². The van der Waals surface area contributed by atoms with Crippen LogP contribution < -0.4 is 10.6 Å². The van der Waals surface area contributed by atoms with Crippen molar-refractivity contribution in [1.29, 1.82) is 0 Å². The average molecular weight is 338 g/mol. The van der Waals surface area contributed by atoms with Gasteiger partial charge in [-0.3, -0.25) is 4.68 Å². The van der Waals surface area contributed by atoms with Gasteiger partial charge < -0.3 is 15.0 Å². The molecule has 1 fully saturated rings. The third-order valence-corrected chi connectivity index (χ3v) is 4.83. The second-order valence-electron chi connectivity index (χ2n) is 6.72. The van der Waals surface area contributed by atoms with Crippen molar-refractivity contribution in [2.45, 2.75) is 38.8 Å². The number of imidazole rings is 1. The number of carbonyl (C=O) groups is 1. The van der Waals surface area contributed by atoms with E-state index in [1.807, 2.05) is 52.9 Å². The Morgan fingerprint density at radius 3 is 3.08 bits per heavy atom. The number of nitrogens with zero attached hydrogens (tertiary/aromatic N) is 4. The number of rotatable bonds is 5. The third-order valence-electron chi connectivity index (χ3n) is 4.83. The molecule has 1 atom stereocenters. The lowest BCUT2D eigenvalue weighted by molar-refractivity contribution is 0.249. The number of aromatic nitrogens is 4. The summed E-state index contributed by atoms with van der Waals surface area (Å²) >= 11 is 0. The first-order chi connectivity index (χ1) is 12.2. The molecule has 1 aliphatic carbocycles. The molecule has 2 N–H and O–H groups in total. The molecule has 0 radical (unpaired) electrons. The van der Waals surface area contributed by atoms with E-state index in [4.69, 9.17) is 0 Å². The second-order valence-corrected chi connectivity index (χ2v) is 6.72. The van der Waals surface area contributed by atoms with Crippen LogP contribution in [0.25, 0.3) is 5.65 Å². The van der Waals surface area contributed by atoms with E-state index in [2.05, 4.69) is 20.7 Å². The van der Waals surface area contributed by atoms with Crippen molar-refractivity contribution < 1.29 is 4.79 Å². The van der Waals surface area contributed by atoms with Crippen LogP contribution in [0.5, 0.6) is 0 Å². The maximum atomic E-state index is 12.2. The smallest absolute Gasteiger partial charge is 0.319 e. The zero-order chi connectivity index (χ0) is 17.2. The van der Waals surface area contributed by atoms with Crippen LogP contribution in [0.15, 0.2) is 43.1 Å². The van der Waals surface area contributed by atoms with E-state index in [9.17, 15) is 4.79 Å². The molecule has 25 heavy (non-hydrogen) atoms. The fourth-order valence-corrected chi connectivity index (χ4v) is 3.08. The first-order valence-corrected chi connectivity index (χ1v) is 8.70. The normalized spacial score (nSPS) is 15.7. The van der Waals surface area contributed by atoms with Gasteiger partial charge in [0.05, 0.1) is 12.2 Å². The van der Waals surface area contributed by atoms with Crippen molar-refractivity contribution in [3.8, 4) is 0 Å². The minimum atomic E-state index is -0.241.